The fraction of sp³-hybridized carbons (Fsp3) is 0.308. The minimum absolute atomic E-state index is 0.106. The van der Waals surface area contributed by atoms with Crippen molar-refractivity contribution in [2.45, 2.75) is 32.1 Å². The molecule has 1 aliphatic heterocycles. The van der Waals surface area contributed by atoms with Gasteiger partial charge in [-0.3, -0.25) is 4.79 Å². The lowest BCUT2D eigenvalue weighted by Gasteiger charge is -2.37. The quantitative estimate of drug-likeness (QED) is 0.334. The van der Waals surface area contributed by atoms with E-state index in [4.69, 9.17) is 5.73 Å². The highest BCUT2D eigenvalue weighted by atomic mass is 32.2. The standard InChI is InChI=1S/C26H30F2N6OS/c1-17(2)36-34-9-3-8-33(16-34)22-6-4-21(5-7-22)32-25-13-24(23(15-31-25)26(29)35)30-14-18-10-19(27)12-20(28)11-18/h4-7,10-13,15,17H,3,8-9,14,16H2,1-2H3,(H2,29,35)(H2,30,31,32). The van der Waals surface area contributed by atoms with E-state index in [1.807, 2.05) is 24.1 Å². The number of carbonyl (C=O) groups is 1. The summed E-state index contributed by atoms with van der Waals surface area (Å²) in [5.41, 5.74) is 8.47. The van der Waals surface area contributed by atoms with Crippen LogP contribution in [0.2, 0.25) is 0 Å². The maximum atomic E-state index is 13.5. The Bertz CT molecular complexity index is 1190. The maximum Gasteiger partial charge on any atom is 0.252 e. The molecule has 7 nitrogen and oxygen atoms in total. The van der Waals surface area contributed by atoms with Crippen molar-refractivity contribution >= 4 is 40.7 Å². The number of pyridine rings is 1. The number of benzene rings is 2. The van der Waals surface area contributed by atoms with Crippen molar-refractivity contribution in [3.63, 3.8) is 0 Å². The Hall–Kier alpha value is -3.37. The number of anilines is 4. The number of primary amides is 1. The molecular formula is C26H30F2N6OS. The lowest BCUT2D eigenvalue weighted by molar-refractivity contribution is 0.100. The SMILES string of the molecule is CC(C)SN1CCCN(c2ccc(Nc3cc(NCc4cc(F)cc(F)c4)c(C(N)=O)cn3)cc2)C1. The molecule has 0 unspecified atom stereocenters. The third-order valence-corrected chi connectivity index (χ3v) is 6.62. The Morgan fingerprint density at radius 3 is 2.50 bits per heavy atom. The molecule has 2 aromatic carbocycles. The van der Waals surface area contributed by atoms with E-state index in [9.17, 15) is 13.6 Å². The highest BCUT2D eigenvalue weighted by Crippen LogP contribution is 2.27. The monoisotopic (exact) mass is 512 g/mol. The third-order valence-electron chi connectivity index (χ3n) is 5.60. The van der Waals surface area contributed by atoms with Crippen LogP contribution >= 0.6 is 11.9 Å². The minimum atomic E-state index is -0.668. The molecule has 10 heteroatoms. The summed E-state index contributed by atoms with van der Waals surface area (Å²) in [5.74, 6) is -1.49. The van der Waals surface area contributed by atoms with E-state index in [0.29, 0.717) is 22.3 Å². The molecule has 1 aliphatic rings. The zero-order chi connectivity index (χ0) is 25.7. The molecular weight excluding hydrogens is 482 g/mol. The molecule has 1 fully saturated rings. The zero-order valence-corrected chi connectivity index (χ0v) is 21.1. The second-order valence-corrected chi connectivity index (χ2v) is 10.6. The zero-order valence-electron chi connectivity index (χ0n) is 20.3. The Morgan fingerprint density at radius 1 is 1.11 bits per heavy atom. The van der Waals surface area contributed by atoms with Gasteiger partial charge in [0.2, 0.25) is 0 Å². The van der Waals surface area contributed by atoms with E-state index in [2.05, 4.69) is 50.8 Å². The molecule has 0 radical (unpaired) electrons. The van der Waals surface area contributed by atoms with Crippen molar-refractivity contribution in [3.8, 4) is 0 Å². The van der Waals surface area contributed by atoms with Crippen LogP contribution in [0.15, 0.2) is 54.7 Å². The summed E-state index contributed by atoms with van der Waals surface area (Å²) < 4.78 is 29.4. The van der Waals surface area contributed by atoms with Crippen LogP contribution < -0.4 is 21.3 Å². The van der Waals surface area contributed by atoms with Crippen molar-refractivity contribution in [1.29, 1.82) is 0 Å². The van der Waals surface area contributed by atoms with E-state index in [1.165, 1.54) is 18.3 Å². The van der Waals surface area contributed by atoms with Crippen LogP contribution in [0.1, 0.15) is 36.2 Å². The Labute approximate surface area is 214 Å². The van der Waals surface area contributed by atoms with E-state index >= 15 is 0 Å². The highest BCUT2D eigenvalue weighted by Gasteiger charge is 2.19. The number of amides is 1. The smallest absolute Gasteiger partial charge is 0.252 e. The second-order valence-electron chi connectivity index (χ2n) is 8.90. The summed E-state index contributed by atoms with van der Waals surface area (Å²) >= 11 is 1.88. The molecule has 1 amide bonds. The van der Waals surface area contributed by atoms with Gasteiger partial charge in [-0.05, 0) is 48.4 Å². The van der Waals surface area contributed by atoms with Crippen LogP contribution in [0, 0.1) is 11.6 Å². The van der Waals surface area contributed by atoms with Gasteiger partial charge in [0.15, 0.2) is 0 Å². The van der Waals surface area contributed by atoms with Crippen molar-refractivity contribution < 1.29 is 13.6 Å². The predicted octanol–water partition coefficient (Wildman–Crippen LogP) is 5.34. The first-order valence-corrected chi connectivity index (χ1v) is 12.6. The van der Waals surface area contributed by atoms with Gasteiger partial charge in [0.05, 0.1) is 17.9 Å². The number of halogens is 2. The molecule has 190 valence electrons. The van der Waals surface area contributed by atoms with Gasteiger partial charge in [0.25, 0.3) is 5.91 Å². The molecule has 0 aliphatic carbocycles. The number of rotatable bonds is 9. The summed E-state index contributed by atoms with van der Waals surface area (Å²) in [6.07, 6.45) is 2.50. The van der Waals surface area contributed by atoms with E-state index < -0.39 is 17.5 Å². The molecule has 0 atom stereocenters. The third kappa shape index (κ3) is 6.86. The summed E-state index contributed by atoms with van der Waals surface area (Å²) in [4.78, 5) is 18.5. The van der Waals surface area contributed by atoms with Gasteiger partial charge in [0.1, 0.15) is 17.5 Å². The first kappa shape index (κ1) is 25.7. The fourth-order valence-corrected chi connectivity index (χ4v) is 5.08. The number of nitrogens with zero attached hydrogens (tertiary/aromatic N) is 3. The molecule has 2 heterocycles. The molecule has 0 bridgehead atoms. The van der Waals surface area contributed by atoms with Gasteiger partial charge in [-0.2, -0.15) is 0 Å². The van der Waals surface area contributed by atoms with Crippen LogP contribution in [-0.4, -0.2) is 40.2 Å². The van der Waals surface area contributed by atoms with Gasteiger partial charge in [-0.15, -0.1) is 0 Å². The number of carbonyl (C=O) groups excluding carboxylic acids is 1. The number of nitrogens with one attached hydrogen (secondary N) is 2. The van der Waals surface area contributed by atoms with Crippen LogP contribution in [-0.2, 0) is 6.54 Å². The lowest BCUT2D eigenvalue weighted by atomic mass is 10.1. The summed E-state index contributed by atoms with van der Waals surface area (Å²) in [6, 6.07) is 13.0. The Kier molecular flexibility index (Phi) is 8.27. The number of nitrogens with two attached hydrogens (primary N) is 1. The lowest BCUT2D eigenvalue weighted by Crippen LogP contribution is -2.42. The number of hydrogen-bond acceptors (Lipinski definition) is 7. The normalized spacial score (nSPS) is 14.2. The maximum absolute atomic E-state index is 13.5. The molecule has 0 saturated carbocycles. The Balaban J connectivity index is 1.44. The summed E-state index contributed by atoms with van der Waals surface area (Å²) in [6.45, 7) is 7.51. The van der Waals surface area contributed by atoms with Crippen LogP contribution in [0.25, 0.3) is 0 Å². The second kappa shape index (κ2) is 11.6. The van der Waals surface area contributed by atoms with Crippen LogP contribution in [0.4, 0.5) is 31.7 Å². The van der Waals surface area contributed by atoms with E-state index in [1.54, 1.807) is 6.07 Å². The first-order valence-electron chi connectivity index (χ1n) is 11.8. The van der Waals surface area contributed by atoms with Crippen LogP contribution in [0.3, 0.4) is 0 Å². The fourth-order valence-electron chi connectivity index (χ4n) is 4.04. The van der Waals surface area contributed by atoms with Gasteiger partial charge in [0, 0.05) is 54.6 Å². The predicted molar refractivity (Wildman–Crippen MR) is 142 cm³/mol. The van der Waals surface area contributed by atoms with Crippen molar-refractivity contribution in [3.05, 3.63) is 77.5 Å². The number of hydrogen-bond donors (Lipinski definition) is 3. The van der Waals surface area contributed by atoms with Gasteiger partial charge in [-0.25, -0.2) is 18.1 Å². The molecule has 4 rings (SSSR count). The van der Waals surface area contributed by atoms with Crippen molar-refractivity contribution in [1.82, 2.24) is 9.29 Å². The highest BCUT2D eigenvalue weighted by molar-refractivity contribution is 7.97. The first-order chi connectivity index (χ1) is 17.3. The van der Waals surface area contributed by atoms with Crippen LogP contribution in [0.5, 0.6) is 0 Å². The molecule has 4 N–H and O–H groups in total. The van der Waals surface area contributed by atoms with E-state index in [-0.39, 0.29) is 12.1 Å². The molecule has 36 heavy (non-hydrogen) atoms. The summed E-state index contributed by atoms with van der Waals surface area (Å²) in [7, 11) is 0. The molecule has 3 aromatic rings. The minimum Gasteiger partial charge on any atom is -0.380 e. The Morgan fingerprint density at radius 2 is 1.83 bits per heavy atom. The van der Waals surface area contributed by atoms with Crippen molar-refractivity contribution in [2.24, 2.45) is 5.73 Å². The number of aromatic nitrogens is 1. The summed E-state index contributed by atoms with van der Waals surface area (Å²) in [5, 5.41) is 6.82. The van der Waals surface area contributed by atoms with E-state index in [0.717, 1.165) is 43.6 Å². The van der Waals surface area contributed by atoms with Gasteiger partial charge >= 0.3 is 0 Å². The largest absolute Gasteiger partial charge is 0.380 e. The van der Waals surface area contributed by atoms with Gasteiger partial charge in [-0.1, -0.05) is 25.8 Å². The average molecular weight is 513 g/mol. The molecule has 1 aromatic heterocycles. The topological polar surface area (TPSA) is 86.5 Å². The molecule has 1 saturated heterocycles. The van der Waals surface area contributed by atoms with Crippen molar-refractivity contribution in [2.75, 3.05) is 35.3 Å². The molecule has 0 spiro atoms. The van der Waals surface area contributed by atoms with Gasteiger partial charge < -0.3 is 21.3 Å². The average Bonchev–Trinajstić information content (AvgIpc) is 2.82.